The van der Waals surface area contributed by atoms with Crippen molar-refractivity contribution in [2.45, 2.75) is 39.8 Å². The van der Waals surface area contributed by atoms with Crippen LogP contribution >= 0.6 is 0 Å². The van der Waals surface area contributed by atoms with Crippen LogP contribution in [0.3, 0.4) is 0 Å². The molecule has 1 amide bonds. The van der Waals surface area contributed by atoms with E-state index in [-0.39, 0.29) is 11.9 Å². The van der Waals surface area contributed by atoms with E-state index in [2.05, 4.69) is 29.9 Å². The molecule has 110 valence electrons. The predicted molar refractivity (Wildman–Crippen MR) is 80.2 cm³/mol. The van der Waals surface area contributed by atoms with Crippen molar-refractivity contribution in [3.05, 3.63) is 29.6 Å². The van der Waals surface area contributed by atoms with E-state index in [4.69, 9.17) is 0 Å². The van der Waals surface area contributed by atoms with Crippen LogP contribution in [0.2, 0.25) is 0 Å². The molecule has 1 aromatic rings. The van der Waals surface area contributed by atoms with Crippen LogP contribution in [0.4, 0.5) is 0 Å². The molecule has 0 N–H and O–H groups in total. The molecule has 1 fully saturated rings. The second-order valence-electron chi connectivity index (χ2n) is 5.53. The average molecular weight is 275 g/mol. The van der Waals surface area contributed by atoms with Crippen LogP contribution in [0, 0.1) is 5.92 Å². The van der Waals surface area contributed by atoms with Crippen molar-refractivity contribution >= 4 is 5.91 Å². The second-order valence-corrected chi connectivity index (χ2v) is 5.53. The van der Waals surface area contributed by atoms with E-state index in [0.29, 0.717) is 18.9 Å². The third-order valence-electron chi connectivity index (χ3n) is 4.09. The fourth-order valence-electron chi connectivity index (χ4n) is 3.05. The lowest BCUT2D eigenvalue weighted by molar-refractivity contribution is -0.135. The minimum Gasteiger partial charge on any atom is -0.330 e. The van der Waals surface area contributed by atoms with Gasteiger partial charge in [-0.15, -0.1) is 0 Å². The van der Waals surface area contributed by atoms with Crippen molar-refractivity contribution in [2.75, 3.05) is 20.1 Å². The summed E-state index contributed by atoms with van der Waals surface area (Å²) in [6, 6.07) is 4.21. The van der Waals surface area contributed by atoms with Gasteiger partial charge in [-0.25, -0.2) is 0 Å². The SMILES string of the molecule is CC.CC1c2cccnc2CN1C(=O)CC1CN(C)C1. The Hall–Kier alpha value is -1.42. The number of carbonyl (C=O) groups is 1. The van der Waals surface area contributed by atoms with Crippen LogP contribution in [0.25, 0.3) is 0 Å². The van der Waals surface area contributed by atoms with Crippen molar-refractivity contribution in [3.63, 3.8) is 0 Å². The molecule has 2 aliphatic rings. The van der Waals surface area contributed by atoms with Gasteiger partial charge in [-0.1, -0.05) is 19.9 Å². The summed E-state index contributed by atoms with van der Waals surface area (Å²) in [4.78, 5) is 20.9. The highest BCUT2D eigenvalue weighted by Gasteiger charge is 2.34. The Morgan fingerprint density at radius 3 is 2.70 bits per heavy atom. The number of hydrogen-bond acceptors (Lipinski definition) is 3. The number of aromatic nitrogens is 1. The molecule has 0 bridgehead atoms. The Bertz CT molecular complexity index is 469. The van der Waals surface area contributed by atoms with Crippen LogP contribution in [0.5, 0.6) is 0 Å². The van der Waals surface area contributed by atoms with Crippen LogP contribution in [-0.2, 0) is 11.3 Å². The van der Waals surface area contributed by atoms with Gasteiger partial charge < -0.3 is 9.80 Å². The lowest BCUT2D eigenvalue weighted by Gasteiger charge is -2.37. The Morgan fingerprint density at radius 1 is 1.40 bits per heavy atom. The minimum atomic E-state index is 0.180. The van der Waals surface area contributed by atoms with E-state index in [0.717, 1.165) is 18.8 Å². The summed E-state index contributed by atoms with van der Waals surface area (Å²) in [7, 11) is 2.10. The molecule has 0 aliphatic carbocycles. The molecule has 3 rings (SSSR count). The summed E-state index contributed by atoms with van der Waals surface area (Å²) < 4.78 is 0. The van der Waals surface area contributed by atoms with E-state index < -0.39 is 0 Å². The van der Waals surface area contributed by atoms with E-state index in [1.807, 2.05) is 24.8 Å². The first kappa shape index (κ1) is 15.0. The number of nitrogens with zero attached hydrogens (tertiary/aromatic N) is 3. The average Bonchev–Trinajstić information content (AvgIpc) is 2.77. The van der Waals surface area contributed by atoms with Gasteiger partial charge in [-0.05, 0) is 31.5 Å². The summed E-state index contributed by atoms with van der Waals surface area (Å²) in [5, 5.41) is 0. The van der Waals surface area contributed by atoms with Crippen molar-refractivity contribution in [1.29, 1.82) is 0 Å². The molecule has 3 heterocycles. The van der Waals surface area contributed by atoms with Gasteiger partial charge >= 0.3 is 0 Å². The van der Waals surface area contributed by atoms with Gasteiger partial charge in [0.25, 0.3) is 0 Å². The largest absolute Gasteiger partial charge is 0.330 e. The minimum absolute atomic E-state index is 0.180. The fourth-order valence-corrected chi connectivity index (χ4v) is 3.05. The maximum Gasteiger partial charge on any atom is 0.223 e. The van der Waals surface area contributed by atoms with Gasteiger partial charge in [0, 0.05) is 25.7 Å². The molecule has 20 heavy (non-hydrogen) atoms. The molecule has 4 nitrogen and oxygen atoms in total. The summed E-state index contributed by atoms with van der Waals surface area (Å²) in [5.74, 6) is 0.824. The van der Waals surface area contributed by atoms with Crippen molar-refractivity contribution in [1.82, 2.24) is 14.8 Å². The molecule has 1 saturated heterocycles. The summed E-state index contributed by atoms with van der Waals surface area (Å²) in [5.41, 5.74) is 2.26. The number of carbonyl (C=O) groups excluding carboxylic acids is 1. The van der Waals surface area contributed by atoms with Crippen LogP contribution in [-0.4, -0.2) is 40.8 Å². The number of hydrogen-bond donors (Lipinski definition) is 0. The maximum absolute atomic E-state index is 12.3. The van der Waals surface area contributed by atoms with Crippen molar-refractivity contribution in [2.24, 2.45) is 5.92 Å². The first-order valence-electron chi connectivity index (χ1n) is 7.57. The number of rotatable bonds is 2. The zero-order chi connectivity index (χ0) is 14.7. The summed E-state index contributed by atoms with van der Waals surface area (Å²) >= 11 is 0. The molecule has 0 radical (unpaired) electrons. The molecule has 2 aliphatic heterocycles. The highest BCUT2D eigenvalue weighted by Crippen LogP contribution is 2.33. The topological polar surface area (TPSA) is 36.4 Å². The lowest BCUT2D eigenvalue weighted by Crippen LogP contribution is -2.46. The predicted octanol–water partition coefficient (Wildman–Crippen LogP) is 2.46. The lowest BCUT2D eigenvalue weighted by atomic mass is 9.96. The zero-order valence-corrected chi connectivity index (χ0v) is 13.0. The summed E-state index contributed by atoms with van der Waals surface area (Å²) in [6.45, 7) is 8.88. The van der Waals surface area contributed by atoms with Gasteiger partial charge in [0.1, 0.15) is 0 Å². The van der Waals surface area contributed by atoms with Gasteiger partial charge in [-0.3, -0.25) is 9.78 Å². The quantitative estimate of drug-likeness (QED) is 0.832. The number of amides is 1. The van der Waals surface area contributed by atoms with E-state index in [1.54, 1.807) is 6.20 Å². The Labute approximate surface area is 121 Å². The van der Waals surface area contributed by atoms with E-state index in [1.165, 1.54) is 5.56 Å². The highest BCUT2D eigenvalue weighted by atomic mass is 16.2. The molecule has 1 atom stereocenters. The standard InChI is InChI=1S/C14H19N3O.C2H6/c1-10-12-4-3-5-15-13(12)9-17(10)14(18)6-11-7-16(2)8-11;1-2/h3-5,10-11H,6-9H2,1-2H3;1-2H3. The first-order valence-corrected chi connectivity index (χ1v) is 7.57. The Morgan fingerprint density at radius 2 is 2.10 bits per heavy atom. The van der Waals surface area contributed by atoms with Gasteiger partial charge in [0.15, 0.2) is 0 Å². The molecule has 0 spiro atoms. The van der Waals surface area contributed by atoms with Gasteiger partial charge in [0.2, 0.25) is 5.91 Å². The monoisotopic (exact) mass is 275 g/mol. The second kappa shape index (κ2) is 6.35. The third-order valence-corrected chi connectivity index (χ3v) is 4.09. The van der Waals surface area contributed by atoms with Gasteiger partial charge in [-0.2, -0.15) is 0 Å². The Kier molecular flexibility index (Phi) is 4.76. The number of fused-ring (bicyclic) bond motifs is 1. The molecular weight excluding hydrogens is 250 g/mol. The molecule has 0 saturated carbocycles. The Balaban J connectivity index is 0.000000704. The zero-order valence-electron chi connectivity index (χ0n) is 13.0. The maximum atomic E-state index is 12.3. The third kappa shape index (κ3) is 2.85. The molecule has 1 unspecified atom stereocenters. The fraction of sp³-hybridized carbons (Fsp3) is 0.625. The van der Waals surface area contributed by atoms with Crippen molar-refractivity contribution < 1.29 is 4.79 Å². The van der Waals surface area contributed by atoms with Crippen LogP contribution in [0.15, 0.2) is 18.3 Å². The molecule has 4 heteroatoms. The number of pyridine rings is 1. The van der Waals surface area contributed by atoms with Crippen LogP contribution < -0.4 is 0 Å². The van der Waals surface area contributed by atoms with Crippen molar-refractivity contribution in [3.8, 4) is 0 Å². The normalized spacial score (nSPS) is 21.8. The number of likely N-dealkylation sites (tertiary alicyclic amines) is 1. The highest BCUT2D eigenvalue weighted by molar-refractivity contribution is 5.78. The molecule has 1 aromatic heterocycles. The van der Waals surface area contributed by atoms with E-state index >= 15 is 0 Å². The molecular formula is C16H25N3O. The van der Waals surface area contributed by atoms with Gasteiger partial charge in [0.05, 0.1) is 18.3 Å². The van der Waals surface area contributed by atoms with Crippen LogP contribution in [0.1, 0.15) is 44.5 Å². The van der Waals surface area contributed by atoms with E-state index in [9.17, 15) is 4.79 Å². The first-order chi connectivity index (χ1) is 9.65. The summed E-state index contributed by atoms with van der Waals surface area (Å²) in [6.07, 6.45) is 2.49. The molecule has 0 aromatic carbocycles. The smallest absolute Gasteiger partial charge is 0.223 e.